The van der Waals surface area contributed by atoms with Crippen molar-refractivity contribution < 1.29 is 14.6 Å². The quantitative estimate of drug-likeness (QED) is 0.893. The maximum atomic E-state index is 9.97. The van der Waals surface area contributed by atoms with E-state index in [9.17, 15) is 5.11 Å². The highest BCUT2D eigenvalue weighted by Crippen LogP contribution is 2.55. The fraction of sp³-hybridized carbons (Fsp3) is 0.600. The Kier molecular flexibility index (Phi) is 3.53. The van der Waals surface area contributed by atoms with Crippen molar-refractivity contribution in [2.24, 2.45) is 5.41 Å². The summed E-state index contributed by atoms with van der Waals surface area (Å²) in [5.41, 5.74) is 1.21. The smallest absolute Gasteiger partial charge is 0.160 e. The Bertz CT molecular complexity index is 430. The first-order valence-electron chi connectivity index (χ1n) is 6.46. The third kappa shape index (κ3) is 1.87. The van der Waals surface area contributed by atoms with Crippen molar-refractivity contribution in [2.45, 2.75) is 38.7 Å². The van der Waals surface area contributed by atoms with Crippen LogP contribution < -0.4 is 9.47 Å². The minimum atomic E-state index is -0.194. The summed E-state index contributed by atoms with van der Waals surface area (Å²) in [6.45, 7) is 4.29. The maximum Gasteiger partial charge on any atom is 0.160 e. The van der Waals surface area contributed by atoms with Gasteiger partial charge in [0.15, 0.2) is 11.5 Å². The Morgan fingerprint density at radius 1 is 1.28 bits per heavy atom. The molecule has 3 heteroatoms. The van der Waals surface area contributed by atoms with E-state index in [1.807, 2.05) is 12.1 Å². The molecule has 2 rings (SSSR count). The summed E-state index contributed by atoms with van der Waals surface area (Å²) in [6.07, 6.45) is 1.62. The highest BCUT2D eigenvalue weighted by Gasteiger charge is 2.50. The van der Waals surface area contributed by atoms with Crippen LogP contribution in [0.5, 0.6) is 11.5 Å². The van der Waals surface area contributed by atoms with Crippen LogP contribution in [0, 0.1) is 5.41 Å². The van der Waals surface area contributed by atoms with Crippen LogP contribution in [0.25, 0.3) is 0 Å². The number of methoxy groups -OCH3 is 2. The molecular formula is C15H22O3. The van der Waals surface area contributed by atoms with Crippen LogP contribution in [-0.2, 0) is 0 Å². The molecule has 3 unspecified atom stereocenters. The second-order valence-electron chi connectivity index (χ2n) is 5.28. The van der Waals surface area contributed by atoms with E-state index in [0.717, 1.165) is 24.3 Å². The molecule has 0 saturated heterocycles. The van der Waals surface area contributed by atoms with Crippen LogP contribution in [-0.4, -0.2) is 25.4 Å². The van der Waals surface area contributed by atoms with Gasteiger partial charge in [0.1, 0.15) is 0 Å². The molecule has 1 fully saturated rings. The predicted molar refractivity (Wildman–Crippen MR) is 71.3 cm³/mol. The van der Waals surface area contributed by atoms with Crippen LogP contribution in [0.15, 0.2) is 18.2 Å². The number of benzene rings is 1. The molecule has 0 amide bonds. The summed E-state index contributed by atoms with van der Waals surface area (Å²) < 4.78 is 10.6. The molecule has 0 aliphatic heterocycles. The van der Waals surface area contributed by atoms with Crippen LogP contribution in [0.1, 0.15) is 38.2 Å². The molecule has 0 bridgehead atoms. The van der Waals surface area contributed by atoms with E-state index in [-0.39, 0.29) is 11.5 Å². The van der Waals surface area contributed by atoms with Gasteiger partial charge in [0.05, 0.1) is 20.3 Å². The normalized spacial score (nSPS) is 30.7. The minimum absolute atomic E-state index is 0.0143. The number of hydrogen-bond acceptors (Lipinski definition) is 3. The van der Waals surface area contributed by atoms with Crippen molar-refractivity contribution in [3.8, 4) is 11.5 Å². The van der Waals surface area contributed by atoms with Gasteiger partial charge in [-0.25, -0.2) is 0 Å². The molecule has 1 aliphatic carbocycles. The molecule has 1 aromatic carbocycles. The van der Waals surface area contributed by atoms with Crippen molar-refractivity contribution in [2.75, 3.05) is 14.2 Å². The number of rotatable bonds is 4. The lowest BCUT2D eigenvalue weighted by molar-refractivity contribution is -0.0778. The predicted octanol–water partition coefficient (Wildman–Crippen LogP) is 2.97. The fourth-order valence-electron chi connectivity index (χ4n) is 2.90. The van der Waals surface area contributed by atoms with E-state index in [0.29, 0.717) is 5.92 Å². The molecule has 0 radical (unpaired) electrons. The molecule has 1 N–H and O–H groups in total. The van der Waals surface area contributed by atoms with E-state index in [4.69, 9.17) is 9.47 Å². The SMILES string of the molecule is CCC1(C)C(O)CC1c1ccc(OC)c(OC)c1. The number of aliphatic hydroxyl groups excluding tert-OH is 1. The average Bonchev–Trinajstić information content (AvgIpc) is 2.42. The number of ether oxygens (including phenoxy) is 2. The average molecular weight is 250 g/mol. The zero-order valence-corrected chi connectivity index (χ0v) is 11.6. The molecule has 0 spiro atoms. The van der Waals surface area contributed by atoms with Gasteiger partial charge < -0.3 is 14.6 Å². The third-order valence-corrected chi connectivity index (χ3v) is 4.59. The minimum Gasteiger partial charge on any atom is -0.493 e. The summed E-state index contributed by atoms with van der Waals surface area (Å²) in [5.74, 6) is 1.91. The zero-order valence-electron chi connectivity index (χ0n) is 11.6. The third-order valence-electron chi connectivity index (χ3n) is 4.59. The van der Waals surface area contributed by atoms with Crippen LogP contribution in [0.2, 0.25) is 0 Å². The van der Waals surface area contributed by atoms with Crippen molar-refractivity contribution in [1.29, 1.82) is 0 Å². The first kappa shape index (κ1) is 13.2. The molecular weight excluding hydrogens is 228 g/mol. The highest BCUT2D eigenvalue weighted by molar-refractivity contribution is 5.45. The molecule has 0 heterocycles. The van der Waals surface area contributed by atoms with Gasteiger partial charge in [-0.3, -0.25) is 0 Å². The lowest BCUT2D eigenvalue weighted by atomic mass is 9.55. The standard InChI is InChI=1S/C15H22O3/c1-5-15(2)11(9-14(15)16)10-6-7-12(17-3)13(8-10)18-4/h6-8,11,14,16H,5,9H2,1-4H3. The van der Waals surface area contributed by atoms with E-state index < -0.39 is 0 Å². The lowest BCUT2D eigenvalue weighted by Crippen LogP contribution is -2.49. The first-order chi connectivity index (χ1) is 8.56. The Morgan fingerprint density at radius 2 is 1.94 bits per heavy atom. The van der Waals surface area contributed by atoms with Crippen molar-refractivity contribution in [1.82, 2.24) is 0 Å². The summed E-state index contributed by atoms with van der Waals surface area (Å²) in [7, 11) is 3.29. The van der Waals surface area contributed by atoms with E-state index in [2.05, 4.69) is 19.9 Å². The summed E-state index contributed by atoms with van der Waals surface area (Å²) in [5, 5.41) is 9.97. The monoisotopic (exact) mass is 250 g/mol. The van der Waals surface area contributed by atoms with Gasteiger partial charge in [0.2, 0.25) is 0 Å². The Morgan fingerprint density at radius 3 is 2.44 bits per heavy atom. The molecule has 100 valence electrons. The van der Waals surface area contributed by atoms with Gasteiger partial charge in [-0.2, -0.15) is 0 Å². The maximum absolute atomic E-state index is 9.97. The lowest BCUT2D eigenvalue weighted by Gasteiger charge is -2.51. The summed E-state index contributed by atoms with van der Waals surface area (Å²) in [6, 6.07) is 6.05. The van der Waals surface area contributed by atoms with Gasteiger partial charge in [-0.15, -0.1) is 0 Å². The second-order valence-corrected chi connectivity index (χ2v) is 5.28. The van der Waals surface area contributed by atoms with Crippen LogP contribution in [0.4, 0.5) is 0 Å². The fourth-order valence-corrected chi connectivity index (χ4v) is 2.90. The van der Waals surface area contributed by atoms with Gasteiger partial charge in [0.25, 0.3) is 0 Å². The van der Waals surface area contributed by atoms with E-state index in [1.165, 1.54) is 5.56 Å². The van der Waals surface area contributed by atoms with Crippen molar-refractivity contribution in [3.63, 3.8) is 0 Å². The molecule has 1 aromatic rings. The molecule has 18 heavy (non-hydrogen) atoms. The summed E-state index contributed by atoms with van der Waals surface area (Å²) >= 11 is 0. The van der Waals surface area contributed by atoms with Crippen LogP contribution in [0.3, 0.4) is 0 Å². The summed E-state index contributed by atoms with van der Waals surface area (Å²) in [4.78, 5) is 0. The first-order valence-corrected chi connectivity index (χ1v) is 6.46. The van der Waals surface area contributed by atoms with E-state index >= 15 is 0 Å². The highest BCUT2D eigenvalue weighted by atomic mass is 16.5. The van der Waals surface area contributed by atoms with Crippen molar-refractivity contribution >= 4 is 0 Å². The molecule has 0 aromatic heterocycles. The van der Waals surface area contributed by atoms with Crippen molar-refractivity contribution in [3.05, 3.63) is 23.8 Å². The molecule has 1 saturated carbocycles. The van der Waals surface area contributed by atoms with Gasteiger partial charge in [-0.1, -0.05) is 19.9 Å². The Labute approximate surface area is 109 Å². The second kappa shape index (κ2) is 4.81. The largest absolute Gasteiger partial charge is 0.493 e. The van der Waals surface area contributed by atoms with Crippen LogP contribution >= 0.6 is 0 Å². The topological polar surface area (TPSA) is 38.7 Å². The van der Waals surface area contributed by atoms with E-state index in [1.54, 1.807) is 14.2 Å². The number of hydrogen-bond donors (Lipinski definition) is 1. The van der Waals surface area contributed by atoms with Gasteiger partial charge in [-0.05, 0) is 36.5 Å². The zero-order chi connectivity index (χ0) is 13.3. The van der Waals surface area contributed by atoms with Gasteiger partial charge in [0, 0.05) is 5.41 Å². The number of aliphatic hydroxyl groups is 1. The van der Waals surface area contributed by atoms with Gasteiger partial charge >= 0.3 is 0 Å². The Balaban J connectivity index is 2.30. The molecule has 3 atom stereocenters. The molecule has 1 aliphatic rings. The Hall–Kier alpha value is -1.22. The molecule has 3 nitrogen and oxygen atoms in total.